The molecule has 3 heterocycles. The van der Waals surface area contributed by atoms with Crippen molar-refractivity contribution < 1.29 is 0 Å². The molecule has 0 aliphatic rings. The van der Waals surface area contributed by atoms with Gasteiger partial charge in [0, 0.05) is 6.20 Å². The summed E-state index contributed by atoms with van der Waals surface area (Å²) >= 11 is 1.73. The van der Waals surface area contributed by atoms with E-state index in [0.29, 0.717) is 0 Å². The summed E-state index contributed by atoms with van der Waals surface area (Å²) in [5.74, 6) is 0. The smallest absolute Gasteiger partial charge is 0.137 e. The van der Waals surface area contributed by atoms with E-state index in [4.69, 9.17) is 0 Å². The first-order valence-corrected chi connectivity index (χ1v) is 5.29. The van der Waals surface area contributed by atoms with E-state index in [0.717, 1.165) is 11.3 Å². The first kappa shape index (κ1) is 7.76. The molecule has 3 aromatic rings. The molecule has 0 unspecified atom stereocenters. The van der Waals surface area contributed by atoms with Gasteiger partial charge in [0.05, 0.1) is 16.8 Å². The van der Waals surface area contributed by atoms with E-state index in [9.17, 15) is 0 Å². The van der Waals surface area contributed by atoms with Gasteiger partial charge in [0.1, 0.15) is 5.65 Å². The van der Waals surface area contributed by atoms with Crippen LogP contribution >= 0.6 is 11.3 Å². The Morgan fingerprint density at radius 3 is 3.00 bits per heavy atom. The zero-order chi connectivity index (χ0) is 9.38. The zero-order valence-corrected chi connectivity index (χ0v) is 8.24. The minimum atomic E-state index is 0.996. The highest BCUT2D eigenvalue weighted by Gasteiger charge is 2.04. The summed E-state index contributed by atoms with van der Waals surface area (Å²) in [4.78, 5) is 5.60. The fraction of sp³-hybridized carbons (Fsp3) is 0. The molecule has 0 saturated heterocycles. The molecule has 2 nitrogen and oxygen atoms in total. The van der Waals surface area contributed by atoms with Gasteiger partial charge in [0.2, 0.25) is 0 Å². The molecule has 0 aromatic carbocycles. The predicted molar refractivity (Wildman–Crippen MR) is 58.5 cm³/mol. The molecule has 0 radical (unpaired) electrons. The van der Waals surface area contributed by atoms with Crippen LogP contribution in [0, 0.1) is 0 Å². The van der Waals surface area contributed by atoms with Crippen molar-refractivity contribution in [1.29, 1.82) is 0 Å². The van der Waals surface area contributed by atoms with Gasteiger partial charge in [0.15, 0.2) is 0 Å². The fourth-order valence-corrected chi connectivity index (χ4v) is 2.27. The topological polar surface area (TPSA) is 17.3 Å². The van der Waals surface area contributed by atoms with Gasteiger partial charge in [-0.15, -0.1) is 11.3 Å². The van der Waals surface area contributed by atoms with Crippen LogP contribution in [0.5, 0.6) is 0 Å². The van der Waals surface area contributed by atoms with E-state index in [1.165, 1.54) is 4.88 Å². The van der Waals surface area contributed by atoms with Gasteiger partial charge in [0.25, 0.3) is 0 Å². The molecule has 0 aliphatic heterocycles. The van der Waals surface area contributed by atoms with Crippen molar-refractivity contribution in [2.75, 3.05) is 0 Å². The van der Waals surface area contributed by atoms with Gasteiger partial charge in [-0.3, -0.25) is 4.40 Å². The summed E-state index contributed by atoms with van der Waals surface area (Å²) in [5.41, 5.74) is 2.16. The van der Waals surface area contributed by atoms with E-state index in [-0.39, 0.29) is 0 Å². The number of hydrogen-bond donors (Lipinski definition) is 0. The predicted octanol–water partition coefficient (Wildman–Crippen LogP) is 3.06. The maximum Gasteiger partial charge on any atom is 0.137 e. The molecule has 0 aliphatic carbocycles. The average molecular weight is 200 g/mol. The van der Waals surface area contributed by atoms with Crippen LogP contribution < -0.4 is 0 Å². The summed E-state index contributed by atoms with van der Waals surface area (Å²) in [5, 5.41) is 2.08. The number of hydrogen-bond acceptors (Lipinski definition) is 2. The van der Waals surface area contributed by atoms with Gasteiger partial charge < -0.3 is 0 Å². The Morgan fingerprint density at radius 2 is 2.14 bits per heavy atom. The highest BCUT2D eigenvalue weighted by Crippen LogP contribution is 2.24. The minimum Gasteiger partial charge on any atom is -0.299 e. The molecule has 0 bridgehead atoms. The maximum atomic E-state index is 4.34. The average Bonchev–Trinajstić information content (AvgIpc) is 2.85. The Kier molecular flexibility index (Phi) is 1.64. The highest BCUT2D eigenvalue weighted by molar-refractivity contribution is 7.13. The quantitative estimate of drug-likeness (QED) is 0.590. The van der Waals surface area contributed by atoms with E-state index >= 15 is 0 Å². The maximum absolute atomic E-state index is 4.34. The molecule has 0 fully saturated rings. The van der Waals surface area contributed by atoms with Crippen LogP contribution in [0.2, 0.25) is 0 Å². The number of imidazole rings is 1. The molecule has 3 aromatic heterocycles. The number of aromatic nitrogens is 2. The summed E-state index contributed by atoms with van der Waals surface area (Å²) in [6.45, 7) is 0. The lowest BCUT2D eigenvalue weighted by Crippen LogP contribution is -1.84. The van der Waals surface area contributed by atoms with Crippen molar-refractivity contribution in [3.63, 3.8) is 0 Å². The molecule has 0 amide bonds. The van der Waals surface area contributed by atoms with Crippen LogP contribution in [0.4, 0.5) is 0 Å². The molecule has 3 heteroatoms. The Morgan fingerprint density at radius 1 is 1.14 bits per heavy atom. The third-order valence-corrected chi connectivity index (χ3v) is 3.08. The molecule has 68 valence electrons. The van der Waals surface area contributed by atoms with Gasteiger partial charge in [-0.1, -0.05) is 12.1 Å². The third kappa shape index (κ3) is 1.06. The van der Waals surface area contributed by atoms with Crippen molar-refractivity contribution in [2.45, 2.75) is 0 Å². The highest BCUT2D eigenvalue weighted by atomic mass is 32.1. The lowest BCUT2D eigenvalue weighted by molar-refractivity contribution is 1.20. The zero-order valence-electron chi connectivity index (χ0n) is 7.42. The van der Waals surface area contributed by atoms with Crippen LogP contribution in [-0.2, 0) is 0 Å². The Balaban J connectivity index is 2.33. The molecule has 14 heavy (non-hydrogen) atoms. The number of nitrogens with zero attached hydrogens (tertiary/aromatic N) is 2. The minimum absolute atomic E-state index is 0.996. The van der Waals surface area contributed by atoms with Crippen molar-refractivity contribution in [1.82, 2.24) is 9.38 Å². The molecule has 0 N–H and O–H groups in total. The van der Waals surface area contributed by atoms with Gasteiger partial charge in [-0.05, 0) is 23.6 Å². The first-order chi connectivity index (χ1) is 6.95. The lowest BCUT2D eigenvalue weighted by atomic mass is 10.3. The second-order valence-corrected chi connectivity index (χ2v) is 4.00. The molecule has 0 spiro atoms. The number of pyridine rings is 1. The first-order valence-electron chi connectivity index (χ1n) is 4.41. The Labute approximate surface area is 85.5 Å². The summed E-state index contributed by atoms with van der Waals surface area (Å²) < 4.78 is 2.10. The van der Waals surface area contributed by atoms with Crippen LogP contribution in [0.15, 0.2) is 48.1 Å². The van der Waals surface area contributed by atoms with E-state index < -0.39 is 0 Å². The molecular formula is C11H8N2S. The van der Waals surface area contributed by atoms with Gasteiger partial charge in [-0.25, -0.2) is 4.98 Å². The van der Waals surface area contributed by atoms with Crippen molar-refractivity contribution in [2.24, 2.45) is 0 Å². The fourth-order valence-electron chi connectivity index (χ4n) is 1.54. The van der Waals surface area contributed by atoms with Crippen LogP contribution in [-0.4, -0.2) is 9.38 Å². The number of rotatable bonds is 1. The van der Waals surface area contributed by atoms with Crippen LogP contribution in [0.1, 0.15) is 0 Å². The SMILES string of the molecule is c1csc(-c2cnc3ccccn23)c1. The molecule has 0 atom stereocenters. The number of fused-ring (bicyclic) bond motifs is 1. The molecular weight excluding hydrogens is 192 g/mol. The van der Waals surface area contributed by atoms with Crippen molar-refractivity contribution in [3.05, 3.63) is 48.1 Å². The molecule has 0 saturated carbocycles. The second-order valence-electron chi connectivity index (χ2n) is 3.05. The van der Waals surface area contributed by atoms with Crippen molar-refractivity contribution in [3.8, 4) is 10.6 Å². The second kappa shape index (κ2) is 2.96. The van der Waals surface area contributed by atoms with Crippen molar-refractivity contribution >= 4 is 17.0 Å². The van der Waals surface area contributed by atoms with Gasteiger partial charge in [-0.2, -0.15) is 0 Å². The largest absolute Gasteiger partial charge is 0.299 e. The number of thiophene rings is 1. The van der Waals surface area contributed by atoms with Crippen LogP contribution in [0.3, 0.4) is 0 Å². The summed E-state index contributed by atoms with van der Waals surface area (Å²) in [7, 11) is 0. The summed E-state index contributed by atoms with van der Waals surface area (Å²) in [6.07, 6.45) is 3.96. The van der Waals surface area contributed by atoms with Gasteiger partial charge >= 0.3 is 0 Å². The molecule has 3 rings (SSSR count). The Hall–Kier alpha value is -1.61. The van der Waals surface area contributed by atoms with E-state index in [1.807, 2.05) is 30.6 Å². The third-order valence-electron chi connectivity index (χ3n) is 2.19. The van der Waals surface area contributed by atoms with E-state index in [2.05, 4.69) is 26.9 Å². The van der Waals surface area contributed by atoms with Crippen LogP contribution in [0.25, 0.3) is 16.2 Å². The van der Waals surface area contributed by atoms with E-state index in [1.54, 1.807) is 11.3 Å². The normalized spacial score (nSPS) is 10.9. The lowest BCUT2D eigenvalue weighted by Gasteiger charge is -1.96. The standard InChI is InChI=1S/C11H8N2S/c1-2-6-13-9(8-12-11(13)5-1)10-4-3-7-14-10/h1-8H. The summed E-state index contributed by atoms with van der Waals surface area (Å²) in [6, 6.07) is 10.2. The monoisotopic (exact) mass is 200 g/mol. The Bertz CT molecular complexity index is 551.